The largest absolute Gasteiger partial charge is 0.462 e. The van der Waals surface area contributed by atoms with Crippen molar-refractivity contribution in [1.82, 2.24) is 20.2 Å². The van der Waals surface area contributed by atoms with Crippen molar-refractivity contribution in [3.05, 3.63) is 52.7 Å². The molecule has 2 saturated heterocycles. The summed E-state index contributed by atoms with van der Waals surface area (Å²) in [6, 6.07) is 13.5. The summed E-state index contributed by atoms with van der Waals surface area (Å²) in [5.74, 6) is 1.06. The highest BCUT2D eigenvalue weighted by Crippen LogP contribution is 2.37. The maximum Gasteiger partial charge on any atom is 0.318 e. The zero-order valence-corrected chi connectivity index (χ0v) is 21.1. The first-order chi connectivity index (χ1) is 17.2. The minimum Gasteiger partial charge on any atom is -0.462 e. The normalized spacial score (nSPS) is 20.9. The molecule has 1 aromatic heterocycles. The van der Waals surface area contributed by atoms with Crippen molar-refractivity contribution in [2.75, 3.05) is 62.7 Å². The first-order valence-corrected chi connectivity index (χ1v) is 13.2. The molecule has 0 amide bonds. The second-order valence-corrected chi connectivity index (χ2v) is 10.3. The highest BCUT2D eigenvalue weighted by Gasteiger charge is 2.28. The zero-order chi connectivity index (χ0) is 23.8. The number of rotatable bonds is 5. The number of piperazine rings is 1. The van der Waals surface area contributed by atoms with Crippen LogP contribution in [0.25, 0.3) is 10.8 Å². The lowest BCUT2D eigenvalue weighted by atomic mass is 10.0. The van der Waals surface area contributed by atoms with E-state index in [1.54, 1.807) is 0 Å². The lowest BCUT2D eigenvalue weighted by molar-refractivity contribution is 0.187. The zero-order valence-electron chi connectivity index (χ0n) is 20.3. The lowest BCUT2D eigenvalue weighted by Crippen LogP contribution is -2.45. The van der Waals surface area contributed by atoms with Crippen LogP contribution in [-0.2, 0) is 13.0 Å². The Labute approximate surface area is 212 Å². The van der Waals surface area contributed by atoms with E-state index in [4.69, 9.17) is 26.3 Å². The number of nitrogens with one attached hydrogen (secondary N) is 1. The fraction of sp³-hybridized carbons (Fsp3) is 0.481. The monoisotopic (exact) mass is 492 g/mol. The number of aromatic nitrogens is 2. The maximum absolute atomic E-state index is 6.66. The number of fused-ring (bicyclic) bond motifs is 2. The minimum atomic E-state index is 0.437. The predicted molar refractivity (Wildman–Crippen MR) is 142 cm³/mol. The van der Waals surface area contributed by atoms with Gasteiger partial charge in [-0.2, -0.15) is 9.97 Å². The number of hydrogen-bond acceptors (Lipinski definition) is 7. The molecule has 3 aliphatic rings. The molecule has 0 spiro atoms. The molecule has 184 valence electrons. The van der Waals surface area contributed by atoms with Crippen molar-refractivity contribution in [3.63, 3.8) is 0 Å². The Bertz CT molecular complexity index is 1210. The van der Waals surface area contributed by atoms with E-state index < -0.39 is 0 Å². The molecular weight excluding hydrogens is 460 g/mol. The van der Waals surface area contributed by atoms with Gasteiger partial charge in [-0.25, -0.2) is 0 Å². The van der Waals surface area contributed by atoms with Crippen molar-refractivity contribution in [3.8, 4) is 6.01 Å². The molecule has 6 rings (SSSR count). The summed E-state index contributed by atoms with van der Waals surface area (Å²) in [7, 11) is 2.17. The summed E-state index contributed by atoms with van der Waals surface area (Å²) in [6.07, 6.45) is 3.30. The summed E-state index contributed by atoms with van der Waals surface area (Å²) in [4.78, 5) is 17.1. The van der Waals surface area contributed by atoms with Gasteiger partial charge in [0.05, 0.1) is 17.3 Å². The van der Waals surface area contributed by atoms with E-state index in [1.165, 1.54) is 18.4 Å². The fourth-order valence-electron chi connectivity index (χ4n) is 5.70. The molecule has 3 aliphatic heterocycles. The number of likely N-dealkylation sites (tertiary alicyclic amines) is 1. The van der Waals surface area contributed by atoms with Crippen LogP contribution < -0.4 is 19.9 Å². The van der Waals surface area contributed by atoms with E-state index in [-0.39, 0.29) is 0 Å². The molecule has 1 atom stereocenters. The number of nitrogens with zero attached hydrogens (tertiary/aromatic N) is 5. The van der Waals surface area contributed by atoms with E-state index in [0.29, 0.717) is 18.7 Å². The molecule has 35 heavy (non-hydrogen) atoms. The van der Waals surface area contributed by atoms with E-state index in [2.05, 4.69) is 51.3 Å². The quantitative estimate of drug-likeness (QED) is 0.582. The summed E-state index contributed by atoms with van der Waals surface area (Å²) >= 11 is 6.66. The Kier molecular flexibility index (Phi) is 6.39. The lowest BCUT2D eigenvalue weighted by Gasteiger charge is -2.35. The molecule has 8 heteroatoms. The van der Waals surface area contributed by atoms with E-state index >= 15 is 0 Å². The summed E-state index contributed by atoms with van der Waals surface area (Å²) in [6.45, 7) is 7.26. The van der Waals surface area contributed by atoms with E-state index in [1.807, 2.05) is 12.1 Å². The van der Waals surface area contributed by atoms with Crippen molar-refractivity contribution < 1.29 is 4.74 Å². The SMILES string of the molecule is CN1CCC[C@H]1COc1nc2c(c(N3CCNCC3)n1)CCN(c1cccc3cccc(Cl)c13)C2. The Hall–Kier alpha value is -2.61. The number of ether oxygens (including phenoxy) is 1. The summed E-state index contributed by atoms with van der Waals surface area (Å²) in [5.41, 5.74) is 3.49. The molecule has 0 unspecified atom stereocenters. The molecular formula is C27H33ClN6O. The van der Waals surface area contributed by atoms with Gasteiger partial charge in [0, 0.05) is 55.4 Å². The van der Waals surface area contributed by atoms with Crippen LogP contribution in [-0.4, -0.2) is 73.8 Å². The van der Waals surface area contributed by atoms with Gasteiger partial charge in [0.25, 0.3) is 0 Å². The molecule has 1 N–H and O–H groups in total. The smallest absolute Gasteiger partial charge is 0.318 e. The minimum absolute atomic E-state index is 0.437. The Balaban J connectivity index is 1.33. The van der Waals surface area contributed by atoms with Gasteiger partial charge < -0.3 is 24.8 Å². The fourth-order valence-corrected chi connectivity index (χ4v) is 5.98. The molecule has 4 heterocycles. The number of likely N-dealkylation sites (N-methyl/N-ethyl adjacent to an activating group) is 1. The Morgan fingerprint density at radius 2 is 1.86 bits per heavy atom. The van der Waals surface area contributed by atoms with Crippen LogP contribution in [0.2, 0.25) is 5.02 Å². The Morgan fingerprint density at radius 3 is 2.66 bits per heavy atom. The van der Waals surface area contributed by atoms with Crippen LogP contribution in [0.15, 0.2) is 36.4 Å². The topological polar surface area (TPSA) is 56.8 Å². The number of benzene rings is 2. The molecule has 0 saturated carbocycles. The third-order valence-electron chi connectivity index (χ3n) is 7.69. The molecule has 7 nitrogen and oxygen atoms in total. The highest BCUT2D eigenvalue weighted by molar-refractivity contribution is 6.36. The van der Waals surface area contributed by atoms with Crippen molar-refractivity contribution in [1.29, 1.82) is 0 Å². The van der Waals surface area contributed by atoms with Crippen molar-refractivity contribution in [2.45, 2.75) is 31.8 Å². The third-order valence-corrected chi connectivity index (χ3v) is 8.00. The number of anilines is 2. The summed E-state index contributed by atoms with van der Waals surface area (Å²) in [5, 5.41) is 6.51. The van der Waals surface area contributed by atoms with E-state index in [9.17, 15) is 0 Å². The average Bonchev–Trinajstić information content (AvgIpc) is 3.31. The summed E-state index contributed by atoms with van der Waals surface area (Å²) < 4.78 is 6.24. The first kappa shape index (κ1) is 22.8. The molecule has 2 aromatic carbocycles. The molecule has 0 aliphatic carbocycles. The predicted octanol–water partition coefficient (Wildman–Crippen LogP) is 3.73. The van der Waals surface area contributed by atoms with Crippen LogP contribution >= 0.6 is 11.6 Å². The Morgan fingerprint density at radius 1 is 1.03 bits per heavy atom. The molecule has 0 bridgehead atoms. The second kappa shape index (κ2) is 9.80. The van der Waals surface area contributed by atoms with Gasteiger partial charge in [0.2, 0.25) is 0 Å². The molecule has 2 fully saturated rings. The van der Waals surface area contributed by atoms with Gasteiger partial charge >= 0.3 is 6.01 Å². The van der Waals surface area contributed by atoms with Crippen LogP contribution in [0.3, 0.4) is 0 Å². The highest BCUT2D eigenvalue weighted by atomic mass is 35.5. The second-order valence-electron chi connectivity index (χ2n) is 9.87. The average molecular weight is 493 g/mol. The van der Waals surface area contributed by atoms with Gasteiger partial charge in [-0.1, -0.05) is 35.9 Å². The van der Waals surface area contributed by atoms with Gasteiger partial charge in [-0.15, -0.1) is 0 Å². The molecule has 3 aromatic rings. The van der Waals surface area contributed by atoms with Crippen LogP contribution in [0, 0.1) is 0 Å². The van der Waals surface area contributed by atoms with Crippen LogP contribution in [0.5, 0.6) is 6.01 Å². The van der Waals surface area contributed by atoms with Gasteiger partial charge in [-0.3, -0.25) is 0 Å². The third kappa shape index (κ3) is 4.53. The van der Waals surface area contributed by atoms with Crippen molar-refractivity contribution in [2.24, 2.45) is 0 Å². The van der Waals surface area contributed by atoms with Gasteiger partial charge in [-0.05, 0) is 50.4 Å². The maximum atomic E-state index is 6.66. The van der Waals surface area contributed by atoms with Gasteiger partial charge in [0.1, 0.15) is 12.4 Å². The standard InChI is InChI=1S/C27H33ClN6O/c1-32-13-4-7-20(32)18-35-27-30-23-17-34(24-9-3-6-19-5-2-8-22(28)25(19)24)14-10-21(23)26(31-27)33-15-11-29-12-16-33/h2-3,5-6,8-9,20,29H,4,7,10-18H2,1H3/t20-/m0/s1. The van der Waals surface area contributed by atoms with Crippen LogP contribution in [0.4, 0.5) is 11.5 Å². The van der Waals surface area contributed by atoms with Crippen molar-refractivity contribution >= 4 is 33.9 Å². The van der Waals surface area contributed by atoms with Gasteiger partial charge in [0.15, 0.2) is 0 Å². The van der Waals surface area contributed by atoms with Crippen LogP contribution in [0.1, 0.15) is 24.1 Å². The molecule has 0 radical (unpaired) electrons. The number of hydrogen-bond donors (Lipinski definition) is 1. The number of halogens is 1. The van der Waals surface area contributed by atoms with E-state index in [0.717, 1.165) is 85.2 Å². The first-order valence-electron chi connectivity index (χ1n) is 12.8.